The van der Waals surface area contributed by atoms with Crippen molar-refractivity contribution in [1.29, 1.82) is 0 Å². The van der Waals surface area contributed by atoms with Gasteiger partial charge in [-0.2, -0.15) is 0 Å². The van der Waals surface area contributed by atoms with E-state index in [0.717, 1.165) is 5.56 Å². The van der Waals surface area contributed by atoms with Crippen molar-refractivity contribution in [2.45, 2.75) is 4.90 Å². The maximum Gasteiger partial charge on any atom is 0.199 e. The van der Waals surface area contributed by atoms with Crippen LogP contribution in [0.25, 0.3) is 11.1 Å². The number of aromatic amines is 1. The fourth-order valence-corrected chi connectivity index (χ4v) is 2.43. The number of H-pyrrole nitrogens is 1. The van der Waals surface area contributed by atoms with E-state index >= 15 is 0 Å². The Hall–Kier alpha value is -1.46. The Morgan fingerprint density at radius 2 is 2.00 bits per heavy atom. The number of nitroso groups, excluding NO2 is 1. The van der Waals surface area contributed by atoms with Crippen molar-refractivity contribution in [2.75, 3.05) is 6.26 Å². The summed E-state index contributed by atoms with van der Waals surface area (Å²) in [6.45, 7) is 0. The van der Waals surface area contributed by atoms with Gasteiger partial charge in [-0.1, -0.05) is 23.7 Å². The van der Waals surface area contributed by atoms with E-state index in [4.69, 9.17) is 11.6 Å². The monoisotopic (exact) mass is 268 g/mol. The third-order valence-corrected chi connectivity index (χ3v) is 3.40. The van der Waals surface area contributed by atoms with Crippen LogP contribution in [0.1, 0.15) is 0 Å². The molecule has 0 fully saturated rings. The number of rotatable bonds is 3. The molecule has 0 aliphatic heterocycles. The molecule has 88 valence electrons. The molecule has 17 heavy (non-hydrogen) atoms. The first kappa shape index (κ1) is 12.0. The molecule has 0 aliphatic carbocycles. The van der Waals surface area contributed by atoms with Gasteiger partial charge < -0.3 is 10.1 Å². The molecule has 1 aromatic carbocycles. The molecule has 0 spiro atoms. The van der Waals surface area contributed by atoms with E-state index in [1.807, 2.05) is 6.26 Å². The minimum absolute atomic E-state index is 0.0636. The van der Waals surface area contributed by atoms with Gasteiger partial charge in [0.1, 0.15) is 0 Å². The lowest BCUT2D eigenvalue weighted by molar-refractivity contribution is 0.459. The van der Waals surface area contributed by atoms with E-state index in [2.05, 4.69) is 10.2 Å². The Balaban J connectivity index is 2.61. The molecule has 1 aromatic heterocycles. The molecule has 0 bridgehead atoms. The highest BCUT2D eigenvalue weighted by Crippen LogP contribution is 2.43. The molecule has 2 aromatic rings. The number of hydrogen-bond donors (Lipinski definition) is 2. The number of nitrogens with one attached hydrogen (secondary N) is 1. The zero-order chi connectivity index (χ0) is 12.4. The first-order valence-electron chi connectivity index (χ1n) is 4.75. The number of benzene rings is 1. The van der Waals surface area contributed by atoms with Crippen LogP contribution in [-0.4, -0.2) is 16.3 Å². The summed E-state index contributed by atoms with van der Waals surface area (Å²) in [5, 5.41) is 13.3. The van der Waals surface area contributed by atoms with Gasteiger partial charge >= 0.3 is 0 Å². The maximum atomic E-state index is 10.6. The average molecular weight is 269 g/mol. The fourth-order valence-electron chi connectivity index (χ4n) is 1.60. The third kappa shape index (κ3) is 2.16. The van der Waals surface area contributed by atoms with Gasteiger partial charge in [0.25, 0.3) is 0 Å². The van der Waals surface area contributed by atoms with E-state index in [0.29, 0.717) is 15.5 Å². The van der Waals surface area contributed by atoms with Crippen LogP contribution >= 0.6 is 23.4 Å². The minimum Gasteiger partial charge on any atom is -0.494 e. The van der Waals surface area contributed by atoms with Gasteiger partial charge in [0.2, 0.25) is 0 Å². The van der Waals surface area contributed by atoms with Gasteiger partial charge in [-0.05, 0) is 29.1 Å². The van der Waals surface area contributed by atoms with Crippen molar-refractivity contribution in [3.8, 4) is 17.0 Å². The van der Waals surface area contributed by atoms with Crippen molar-refractivity contribution in [1.82, 2.24) is 4.98 Å². The lowest BCUT2D eigenvalue weighted by Gasteiger charge is -2.02. The molecule has 0 aliphatic rings. The molecule has 0 saturated heterocycles. The fraction of sp³-hybridized carbons (Fsp3) is 0.0909. The van der Waals surface area contributed by atoms with Gasteiger partial charge in [0.05, 0.1) is 10.5 Å². The lowest BCUT2D eigenvalue weighted by atomic mass is 10.1. The number of halogens is 1. The Bertz CT molecular complexity index is 551. The van der Waals surface area contributed by atoms with Gasteiger partial charge in [-0.25, -0.2) is 0 Å². The summed E-state index contributed by atoms with van der Waals surface area (Å²) in [5.74, 6) is 0.0752. The van der Waals surface area contributed by atoms with Gasteiger partial charge in [-0.15, -0.1) is 16.7 Å². The Morgan fingerprint density at radius 1 is 1.35 bits per heavy atom. The summed E-state index contributed by atoms with van der Waals surface area (Å²) >= 11 is 7.15. The van der Waals surface area contributed by atoms with E-state index in [-0.39, 0.29) is 11.7 Å². The predicted octanol–water partition coefficient (Wildman–Crippen LogP) is 4.16. The second-order valence-electron chi connectivity index (χ2n) is 3.33. The Morgan fingerprint density at radius 3 is 2.53 bits per heavy atom. The molecule has 4 nitrogen and oxygen atoms in total. The van der Waals surface area contributed by atoms with E-state index in [9.17, 15) is 10.0 Å². The zero-order valence-corrected chi connectivity index (χ0v) is 10.5. The smallest absolute Gasteiger partial charge is 0.199 e. The van der Waals surface area contributed by atoms with Crippen LogP contribution in [0.5, 0.6) is 5.88 Å². The van der Waals surface area contributed by atoms with Crippen molar-refractivity contribution < 1.29 is 5.11 Å². The molecular weight excluding hydrogens is 260 g/mol. The van der Waals surface area contributed by atoms with Crippen molar-refractivity contribution in [2.24, 2.45) is 5.18 Å². The van der Waals surface area contributed by atoms with E-state index < -0.39 is 0 Å². The standard InChI is InChI=1S/C11H9ClN2O2S/c1-17-9-8(11(15)13-10(9)14-16)6-2-4-7(12)5-3-6/h2-5,13,15H,1H3. The molecule has 0 unspecified atom stereocenters. The van der Waals surface area contributed by atoms with Gasteiger partial charge in [0.15, 0.2) is 11.7 Å². The molecular formula is C11H9ClN2O2S. The second kappa shape index (κ2) is 4.81. The van der Waals surface area contributed by atoms with E-state index in [1.54, 1.807) is 24.3 Å². The minimum atomic E-state index is -0.0636. The first-order valence-corrected chi connectivity index (χ1v) is 6.36. The summed E-state index contributed by atoms with van der Waals surface area (Å²) in [6, 6.07) is 7.00. The van der Waals surface area contributed by atoms with Crippen LogP contribution in [0.15, 0.2) is 34.3 Å². The predicted molar refractivity (Wildman–Crippen MR) is 70.1 cm³/mol. The summed E-state index contributed by atoms with van der Waals surface area (Å²) < 4.78 is 0. The largest absolute Gasteiger partial charge is 0.494 e. The van der Waals surface area contributed by atoms with Crippen LogP contribution in [0.3, 0.4) is 0 Å². The summed E-state index contributed by atoms with van der Waals surface area (Å²) in [7, 11) is 0. The number of nitrogens with zero attached hydrogens (tertiary/aromatic N) is 1. The van der Waals surface area contributed by atoms with Crippen LogP contribution in [0.4, 0.5) is 5.82 Å². The lowest BCUT2D eigenvalue weighted by Crippen LogP contribution is -1.77. The van der Waals surface area contributed by atoms with Crippen molar-refractivity contribution >= 4 is 29.2 Å². The zero-order valence-electron chi connectivity index (χ0n) is 8.90. The molecule has 0 saturated carbocycles. The normalized spacial score (nSPS) is 10.5. The second-order valence-corrected chi connectivity index (χ2v) is 4.58. The first-order chi connectivity index (χ1) is 8.17. The number of aromatic hydroxyl groups is 1. The SMILES string of the molecule is CSc1c(N=O)[nH]c(O)c1-c1ccc(Cl)cc1. The Kier molecular flexibility index (Phi) is 3.40. The van der Waals surface area contributed by atoms with Crippen LogP contribution in [0.2, 0.25) is 5.02 Å². The van der Waals surface area contributed by atoms with Crippen LogP contribution < -0.4 is 0 Å². The van der Waals surface area contributed by atoms with Crippen molar-refractivity contribution in [3.05, 3.63) is 34.2 Å². The summed E-state index contributed by atoms with van der Waals surface area (Å²) in [5.41, 5.74) is 1.35. The Labute approximate surface area is 107 Å². The third-order valence-electron chi connectivity index (χ3n) is 2.34. The van der Waals surface area contributed by atoms with Gasteiger partial charge in [0, 0.05) is 5.02 Å². The van der Waals surface area contributed by atoms with Crippen LogP contribution in [0, 0.1) is 4.91 Å². The average Bonchev–Trinajstić information content (AvgIpc) is 2.66. The number of hydrogen-bond acceptors (Lipinski definition) is 4. The van der Waals surface area contributed by atoms with Crippen molar-refractivity contribution in [3.63, 3.8) is 0 Å². The highest BCUT2D eigenvalue weighted by Gasteiger charge is 2.18. The highest BCUT2D eigenvalue weighted by atomic mass is 35.5. The quantitative estimate of drug-likeness (QED) is 0.649. The van der Waals surface area contributed by atoms with E-state index in [1.165, 1.54) is 11.8 Å². The van der Waals surface area contributed by atoms with Crippen LogP contribution in [-0.2, 0) is 0 Å². The molecule has 0 radical (unpaired) electrons. The highest BCUT2D eigenvalue weighted by molar-refractivity contribution is 7.98. The number of aromatic nitrogens is 1. The maximum absolute atomic E-state index is 10.6. The molecule has 1 heterocycles. The molecule has 0 amide bonds. The molecule has 6 heteroatoms. The number of thioether (sulfide) groups is 1. The summed E-state index contributed by atoms with van der Waals surface area (Å²) in [4.78, 5) is 13.8. The van der Waals surface area contributed by atoms with Gasteiger partial charge in [-0.3, -0.25) is 0 Å². The molecule has 0 atom stereocenters. The summed E-state index contributed by atoms with van der Waals surface area (Å²) in [6.07, 6.45) is 1.82. The molecule has 2 rings (SSSR count). The molecule has 2 N–H and O–H groups in total. The topological polar surface area (TPSA) is 65.5 Å².